The molecule has 0 spiro atoms. The summed E-state index contributed by atoms with van der Waals surface area (Å²) < 4.78 is 11.6. The zero-order valence-electron chi connectivity index (χ0n) is 20.3. The van der Waals surface area contributed by atoms with Crippen LogP contribution in [0.5, 0.6) is 11.5 Å². The van der Waals surface area contributed by atoms with Crippen molar-refractivity contribution >= 4 is 11.6 Å². The molecule has 0 radical (unpaired) electrons. The van der Waals surface area contributed by atoms with Gasteiger partial charge in [-0.15, -0.1) is 0 Å². The van der Waals surface area contributed by atoms with Crippen molar-refractivity contribution in [2.45, 2.75) is 32.1 Å². The minimum atomic E-state index is -0.0769. The van der Waals surface area contributed by atoms with Crippen LogP contribution in [0.3, 0.4) is 0 Å². The molecule has 2 aromatic carbocycles. The van der Waals surface area contributed by atoms with Crippen molar-refractivity contribution in [2.24, 2.45) is 5.92 Å². The minimum absolute atomic E-state index is 0.0412. The molecular weight excluding hydrogens is 438 g/mol. The maximum absolute atomic E-state index is 13.3. The number of ether oxygens (including phenoxy) is 2. The summed E-state index contributed by atoms with van der Waals surface area (Å²) >= 11 is 0. The maximum atomic E-state index is 13.3. The van der Waals surface area contributed by atoms with E-state index in [1.165, 1.54) is 24.0 Å². The van der Waals surface area contributed by atoms with Crippen LogP contribution in [0.15, 0.2) is 60.9 Å². The Bertz CT molecular complexity index is 1160. The summed E-state index contributed by atoms with van der Waals surface area (Å²) in [6.45, 7) is 3.77. The Morgan fingerprint density at radius 1 is 1.03 bits per heavy atom. The highest BCUT2D eigenvalue weighted by molar-refractivity contribution is 5.94. The van der Waals surface area contributed by atoms with Crippen molar-refractivity contribution in [1.82, 2.24) is 9.88 Å². The first-order valence-corrected chi connectivity index (χ1v) is 12.6. The number of pyridine rings is 1. The van der Waals surface area contributed by atoms with Gasteiger partial charge < -0.3 is 14.8 Å². The number of carbonyl (C=O) groups is 1. The third kappa shape index (κ3) is 5.65. The van der Waals surface area contributed by atoms with Crippen LogP contribution in [0.4, 0.5) is 5.69 Å². The third-order valence-corrected chi connectivity index (χ3v) is 7.13. The summed E-state index contributed by atoms with van der Waals surface area (Å²) in [5.74, 6) is 1.52. The van der Waals surface area contributed by atoms with Gasteiger partial charge in [0.15, 0.2) is 0 Å². The molecule has 1 unspecified atom stereocenters. The Morgan fingerprint density at radius 3 is 2.66 bits per heavy atom. The molecule has 6 nitrogen and oxygen atoms in total. The normalized spacial score (nSPS) is 17.6. The fraction of sp³-hybridized carbons (Fsp3) is 0.379. The predicted molar refractivity (Wildman–Crippen MR) is 138 cm³/mol. The smallest absolute Gasteiger partial charge is 0.227 e. The quantitative estimate of drug-likeness (QED) is 0.502. The van der Waals surface area contributed by atoms with Crippen LogP contribution < -0.4 is 14.8 Å². The molecule has 182 valence electrons. The third-order valence-electron chi connectivity index (χ3n) is 7.13. The van der Waals surface area contributed by atoms with E-state index in [0.29, 0.717) is 12.4 Å². The van der Waals surface area contributed by atoms with Crippen LogP contribution >= 0.6 is 0 Å². The van der Waals surface area contributed by atoms with Crippen molar-refractivity contribution in [1.29, 1.82) is 0 Å². The lowest BCUT2D eigenvalue weighted by molar-refractivity contribution is -0.120. The van der Waals surface area contributed by atoms with Gasteiger partial charge in [-0.3, -0.25) is 14.7 Å². The zero-order chi connectivity index (χ0) is 24.0. The van der Waals surface area contributed by atoms with E-state index < -0.39 is 0 Å². The molecule has 3 aromatic rings. The average molecular weight is 472 g/mol. The van der Waals surface area contributed by atoms with Gasteiger partial charge >= 0.3 is 0 Å². The number of aromatic nitrogens is 1. The highest BCUT2D eigenvalue weighted by Crippen LogP contribution is 2.33. The first-order valence-electron chi connectivity index (χ1n) is 12.6. The van der Waals surface area contributed by atoms with Gasteiger partial charge in [0, 0.05) is 24.9 Å². The topological polar surface area (TPSA) is 63.7 Å². The Hall–Kier alpha value is -3.38. The largest absolute Gasteiger partial charge is 0.497 e. The number of anilines is 1. The van der Waals surface area contributed by atoms with Gasteiger partial charge in [0.1, 0.15) is 18.1 Å². The van der Waals surface area contributed by atoms with Crippen molar-refractivity contribution in [3.63, 3.8) is 0 Å². The highest BCUT2D eigenvalue weighted by Gasteiger charge is 2.26. The molecular formula is C29H33N3O3. The molecule has 1 fully saturated rings. The van der Waals surface area contributed by atoms with Gasteiger partial charge in [0.05, 0.1) is 12.8 Å². The van der Waals surface area contributed by atoms with Crippen LogP contribution in [0.1, 0.15) is 30.4 Å². The summed E-state index contributed by atoms with van der Waals surface area (Å²) in [5.41, 5.74) is 5.35. The number of aryl methyl sites for hydroxylation is 1. The van der Waals surface area contributed by atoms with Crippen LogP contribution in [-0.2, 0) is 17.6 Å². The van der Waals surface area contributed by atoms with Gasteiger partial charge in [0.25, 0.3) is 0 Å². The van der Waals surface area contributed by atoms with Crippen LogP contribution in [0, 0.1) is 5.92 Å². The van der Waals surface area contributed by atoms with E-state index in [0.717, 1.165) is 61.5 Å². The average Bonchev–Trinajstić information content (AvgIpc) is 3.43. The molecule has 1 atom stereocenters. The van der Waals surface area contributed by atoms with E-state index in [2.05, 4.69) is 27.3 Å². The highest BCUT2D eigenvalue weighted by atomic mass is 16.5. The van der Waals surface area contributed by atoms with E-state index in [1.54, 1.807) is 19.5 Å². The Morgan fingerprint density at radius 2 is 1.86 bits per heavy atom. The lowest BCUT2D eigenvalue weighted by atomic mass is 9.83. The number of amides is 1. The second-order valence-corrected chi connectivity index (χ2v) is 9.41. The molecule has 1 aromatic heterocycles. The van der Waals surface area contributed by atoms with Gasteiger partial charge in [-0.25, -0.2) is 0 Å². The van der Waals surface area contributed by atoms with Crippen LogP contribution in [0.25, 0.3) is 11.1 Å². The number of methoxy groups -OCH3 is 1. The molecule has 2 aliphatic rings. The lowest BCUT2D eigenvalue weighted by Gasteiger charge is -2.25. The SMILES string of the molecule is COc1ccc2c(c1)CC(C(=O)Nc1ccc(-c3ccncc3)cc1OCCN1CCCC1)CC2. The summed E-state index contributed by atoms with van der Waals surface area (Å²) in [6, 6.07) is 16.1. The number of likely N-dealkylation sites (tertiary alicyclic amines) is 1. The molecule has 1 N–H and O–H groups in total. The van der Waals surface area contributed by atoms with Crippen molar-refractivity contribution in [3.05, 3.63) is 72.1 Å². The minimum Gasteiger partial charge on any atom is -0.497 e. The Labute approximate surface area is 207 Å². The monoisotopic (exact) mass is 471 g/mol. The van der Waals surface area contributed by atoms with Crippen molar-refractivity contribution in [2.75, 3.05) is 38.7 Å². The number of benzene rings is 2. The molecule has 1 aliphatic carbocycles. The van der Waals surface area contributed by atoms with E-state index in [9.17, 15) is 4.79 Å². The molecule has 6 heteroatoms. The number of carbonyl (C=O) groups excluding carboxylic acids is 1. The van der Waals surface area contributed by atoms with Crippen LogP contribution in [0.2, 0.25) is 0 Å². The standard InChI is InChI=1S/C29H33N3O3/c1-34-26-8-6-21-4-5-24(18-25(21)19-26)29(33)31-27-9-7-23(22-10-12-30-13-11-22)20-28(27)35-17-16-32-14-2-3-15-32/h6-13,19-20,24H,2-5,14-18H2,1H3,(H,31,33). The number of fused-ring (bicyclic) bond motifs is 1. The number of rotatable bonds is 8. The summed E-state index contributed by atoms with van der Waals surface area (Å²) in [5, 5.41) is 3.18. The number of nitrogens with one attached hydrogen (secondary N) is 1. The molecule has 1 aliphatic heterocycles. The molecule has 2 heterocycles. The van der Waals surface area contributed by atoms with Crippen LogP contribution in [-0.4, -0.2) is 49.1 Å². The Balaban J connectivity index is 1.32. The fourth-order valence-corrected chi connectivity index (χ4v) is 5.08. The van der Waals surface area contributed by atoms with E-state index >= 15 is 0 Å². The van der Waals surface area contributed by atoms with E-state index in [-0.39, 0.29) is 11.8 Å². The van der Waals surface area contributed by atoms with Crippen molar-refractivity contribution in [3.8, 4) is 22.6 Å². The molecule has 1 amide bonds. The zero-order valence-corrected chi connectivity index (χ0v) is 20.3. The first-order chi connectivity index (χ1) is 17.2. The Kier molecular flexibility index (Phi) is 7.28. The second kappa shape index (κ2) is 10.9. The summed E-state index contributed by atoms with van der Waals surface area (Å²) in [7, 11) is 1.68. The number of hydrogen-bond acceptors (Lipinski definition) is 5. The van der Waals surface area contributed by atoms with Gasteiger partial charge in [0.2, 0.25) is 5.91 Å². The van der Waals surface area contributed by atoms with E-state index in [1.807, 2.05) is 36.4 Å². The number of hydrogen-bond donors (Lipinski definition) is 1. The lowest BCUT2D eigenvalue weighted by Crippen LogP contribution is -2.28. The molecule has 35 heavy (non-hydrogen) atoms. The van der Waals surface area contributed by atoms with E-state index in [4.69, 9.17) is 9.47 Å². The predicted octanol–water partition coefficient (Wildman–Crippen LogP) is 4.98. The number of nitrogens with zero attached hydrogens (tertiary/aromatic N) is 2. The first kappa shape index (κ1) is 23.4. The maximum Gasteiger partial charge on any atom is 0.227 e. The fourth-order valence-electron chi connectivity index (χ4n) is 5.08. The summed E-state index contributed by atoms with van der Waals surface area (Å²) in [4.78, 5) is 19.9. The van der Waals surface area contributed by atoms with Crippen molar-refractivity contribution < 1.29 is 14.3 Å². The molecule has 0 saturated carbocycles. The molecule has 1 saturated heterocycles. The second-order valence-electron chi connectivity index (χ2n) is 9.41. The van der Waals surface area contributed by atoms with Gasteiger partial charge in [-0.05, 0) is 104 Å². The molecule has 5 rings (SSSR count). The van der Waals surface area contributed by atoms with Gasteiger partial charge in [-0.1, -0.05) is 12.1 Å². The molecule has 0 bridgehead atoms. The summed E-state index contributed by atoms with van der Waals surface area (Å²) in [6.07, 6.45) is 8.55. The van der Waals surface area contributed by atoms with Gasteiger partial charge in [-0.2, -0.15) is 0 Å².